The Labute approximate surface area is 194 Å². The third-order valence-corrected chi connectivity index (χ3v) is 5.51. The topological polar surface area (TPSA) is 63.5 Å². The van der Waals surface area contributed by atoms with Crippen molar-refractivity contribution in [2.75, 3.05) is 7.11 Å². The summed E-state index contributed by atoms with van der Waals surface area (Å²) < 4.78 is 13.5. The smallest absolute Gasteiger partial charge is 0.138 e. The molecule has 0 spiro atoms. The standard InChI is InChI=1S/C28H29NO4/c1-28(2,3)33-26(27(30)31)25-24(20-14-16-21(32-4)17-15-20)22-12-8-9-13-23(22)29(25)18-19-10-6-5-7-11-19/h5-17,26H,18H2,1-4H3,(H,30,31)/p-1. The van der Waals surface area contributed by atoms with Crippen LogP contribution in [0.3, 0.4) is 0 Å². The van der Waals surface area contributed by atoms with Crippen molar-refractivity contribution in [3.05, 3.63) is 90.1 Å². The van der Waals surface area contributed by atoms with E-state index < -0.39 is 17.7 Å². The quantitative estimate of drug-likeness (QED) is 0.405. The van der Waals surface area contributed by atoms with E-state index in [0.717, 1.165) is 33.3 Å². The van der Waals surface area contributed by atoms with Crippen LogP contribution in [0.25, 0.3) is 22.0 Å². The Kier molecular flexibility index (Phi) is 6.25. The van der Waals surface area contributed by atoms with Gasteiger partial charge in [0.05, 0.1) is 24.4 Å². The van der Waals surface area contributed by atoms with Crippen LogP contribution in [-0.4, -0.2) is 23.2 Å². The molecule has 0 aliphatic heterocycles. The molecule has 5 nitrogen and oxygen atoms in total. The fourth-order valence-corrected chi connectivity index (χ4v) is 4.16. The molecular weight excluding hydrogens is 414 g/mol. The molecular formula is C28H28NO4-. The van der Waals surface area contributed by atoms with Gasteiger partial charge in [-0.3, -0.25) is 0 Å². The molecule has 1 heterocycles. The molecule has 0 aliphatic rings. The summed E-state index contributed by atoms with van der Waals surface area (Å²) in [5.41, 5.74) is 3.59. The second-order valence-electron chi connectivity index (χ2n) is 9.01. The summed E-state index contributed by atoms with van der Waals surface area (Å²) in [6, 6.07) is 25.6. The minimum Gasteiger partial charge on any atom is -0.547 e. The molecule has 0 fully saturated rings. The maximum Gasteiger partial charge on any atom is 0.138 e. The minimum atomic E-state index is -1.27. The molecule has 0 bridgehead atoms. The van der Waals surface area contributed by atoms with Crippen molar-refractivity contribution in [2.24, 2.45) is 0 Å². The van der Waals surface area contributed by atoms with Crippen LogP contribution in [0.5, 0.6) is 5.75 Å². The number of rotatable bonds is 7. The minimum absolute atomic E-state index is 0.504. The second-order valence-corrected chi connectivity index (χ2v) is 9.01. The summed E-state index contributed by atoms with van der Waals surface area (Å²) in [6.45, 7) is 6.05. The van der Waals surface area contributed by atoms with Crippen LogP contribution in [0.1, 0.15) is 38.1 Å². The maximum atomic E-state index is 12.5. The van der Waals surface area contributed by atoms with E-state index in [-0.39, 0.29) is 0 Å². The van der Waals surface area contributed by atoms with Gasteiger partial charge in [-0.15, -0.1) is 0 Å². The van der Waals surface area contributed by atoms with Gasteiger partial charge in [0.2, 0.25) is 0 Å². The van der Waals surface area contributed by atoms with Crippen molar-refractivity contribution in [2.45, 2.75) is 39.0 Å². The number of nitrogens with zero attached hydrogens (tertiary/aromatic N) is 1. The zero-order valence-electron chi connectivity index (χ0n) is 19.4. The number of para-hydroxylation sites is 1. The summed E-state index contributed by atoms with van der Waals surface area (Å²) in [5, 5.41) is 13.4. The van der Waals surface area contributed by atoms with Crippen LogP contribution >= 0.6 is 0 Å². The number of ether oxygens (including phenoxy) is 2. The van der Waals surface area contributed by atoms with Crippen LogP contribution in [-0.2, 0) is 16.1 Å². The molecule has 4 aromatic rings. The van der Waals surface area contributed by atoms with Gasteiger partial charge in [-0.05, 0) is 50.1 Å². The lowest BCUT2D eigenvalue weighted by Crippen LogP contribution is -2.37. The Hall–Kier alpha value is -3.57. The van der Waals surface area contributed by atoms with Crippen LogP contribution in [0.4, 0.5) is 0 Å². The summed E-state index contributed by atoms with van der Waals surface area (Å²) in [4.78, 5) is 12.5. The van der Waals surface area contributed by atoms with E-state index in [1.807, 2.05) is 104 Å². The zero-order valence-corrected chi connectivity index (χ0v) is 19.4. The molecule has 0 saturated heterocycles. The van der Waals surface area contributed by atoms with Gasteiger partial charge < -0.3 is 23.9 Å². The van der Waals surface area contributed by atoms with Crippen molar-refractivity contribution in [3.63, 3.8) is 0 Å². The van der Waals surface area contributed by atoms with Crippen LogP contribution in [0.15, 0.2) is 78.9 Å². The van der Waals surface area contributed by atoms with Gasteiger partial charge in [0.15, 0.2) is 0 Å². The van der Waals surface area contributed by atoms with Gasteiger partial charge in [0.25, 0.3) is 0 Å². The number of aliphatic carboxylic acids is 1. The van der Waals surface area contributed by atoms with Gasteiger partial charge in [0, 0.05) is 23.0 Å². The van der Waals surface area contributed by atoms with Crippen molar-refractivity contribution >= 4 is 16.9 Å². The predicted octanol–water partition coefficient (Wildman–Crippen LogP) is 4.97. The molecule has 0 saturated carbocycles. The van der Waals surface area contributed by atoms with Crippen molar-refractivity contribution in [1.29, 1.82) is 0 Å². The van der Waals surface area contributed by atoms with Crippen molar-refractivity contribution in [3.8, 4) is 16.9 Å². The van der Waals surface area contributed by atoms with Crippen molar-refractivity contribution in [1.82, 2.24) is 4.57 Å². The van der Waals surface area contributed by atoms with E-state index in [1.54, 1.807) is 7.11 Å². The number of hydrogen-bond acceptors (Lipinski definition) is 4. The van der Waals surface area contributed by atoms with E-state index in [2.05, 4.69) is 0 Å². The highest BCUT2D eigenvalue weighted by Gasteiger charge is 2.30. The third-order valence-electron chi connectivity index (χ3n) is 5.51. The van der Waals surface area contributed by atoms with Crippen molar-refractivity contribution < 1.29 is 19.4 Å². The maximum absolute atomic E-state index is 12.5. The van der Waals surface area contributed by atoms with Gasteiger partial charge in [-0.25, -0.2) is 0 Å². The summed E-state index contributed by atoms with van der Waals surface area (Å²) in [5.74, 6) is -0.535. The van der Waals surface area contributed by atoms with Crippen LogP contribution in [0, 0.1) is 0 Å². The van der Waals surface area contributed by atoms with E-state index >= 15 is 0 Å². The first-order valence-corrected chi connectivity index (χ1v) is 11.0. The number of fused-ring (bicyclic) bond motifs is 1. The summed E-state index contributed by atoms with van der Waals surface area (Å²) in [7, 11) is 1.62. The Morgan fingerprint density at radius 3 is 2.18 bits per heavy atom. The normalized spacial score (nSPS) is 12.6. The highest BCUT2D eigenvalue weighted by atomic mass is 16.5. The number of benzene rings is 3. The highest BCUT2D eigenvalue weighted by Crippen LogP contribution is 2.41. The Morgan fingerprint density at radius 2 is 1.58 bits per heavy atom. The molecule has 3 aromatic carbocycles. The number of aromatic nitrogens is 1. The molecule has 5 heteroatoms. The second kappa shape index (κ2) is 9.12. The van der Waals surface area contributed by atoms with E-state index in [0.29, 0.717) is 12.2 Å². The molecule has 4 rings (SSSR count). The third kappa shape index (κ3) is 4.78. The molecule has 33 heavy (non-hydrogen) atoms. The average Bonchev–Trinajstić information content (AvgIpc) is 3.11. The first-order chi connectivity index (χ1) is 15.8. The van der Waals surface area contributed by atoms with E-state index in [9.17, 15) is 9.90 Å². The van der Waals surface area contributed by atoms with E-state index in [1.165, 1.54) is 0 Å². The zero-order chi connectivity index (χ0) is 23.6. The first-order valence-electron chi connectivity index (χ1n) is 11.0. The number of carbonyl (C=O) groups is 1. The SMILES string of the molecule is COc1ccc(-c2c(C(OC(C)(C)C)C(=O)[O-])n(Cc3ccccc3)c3ccccc23)cc1. The van der Waals surface area contributed by atoms with Crippen LogP contribution in [0.2, 0.25) is 0 Å². The van der Waals surface area contributed by atoms with Gasteiger partial charge in [-0.1, -0.05) is 60.7 Å². The number of hydrogen-bond donors (Lipinski definition) is 0. The summed E-state index contributed by atoms with van der Waals surface area (Å²) >= 11 is 0. The predicted molar refractivity (Wildman–Crippen MR) is 128 cm³/mol. The highest BCUT2D eigenvalue weighted by molar-refractivity contribution is 6.00. The molecule has 0 N–H and O–H groups in total. The fourth-order valence-electron chi connectivity index (χ4n) is 4.16. The molecule has 1 unspecified atom stereocenters. The van der Waals surface area contributed by atoms with Gasteiger partial charge >= 0.3 is 0 Å². The molecule has 170 valence electrons. The van der Waals surface area contributed by atoms with Crippen LogP contribution < -0.4 is 9.84 Å². The molecule has 1 atom stereocenters. The van der Waals surface area contributed by atoms with Gasteiger partial charge in [0.1, 0.15) is 11.9 Å². The lowest BCUT2D eigenvalue weighted by molar-refractivity contribution is -0.321. The Bertz CT molecular complexity index is 1250. The van der Waals surface area contributed by atoms with Gasteiger partial charge in [-0.2, -0.15) is 0 Å². The fraction of sp³-hybridized carbons (Fsp3) is 0.250. The largest absolute Gasteiger partial charge is 0.547 e. The number of carboxylic acids is 1. The Morgan fingerprint density at radius 1 is 0.939 bits per heavy atom. The van der Waals surface area contributed by atoms with E-state index in [4.69, 9.17) is 9.47 Å². The number of methoxy groups -OCH3 is 1. The number of carbonyl (C=O) groups excluding carboxylic acids is 1. The average molecular weight is 443 g/mol. The Balaban J connectivity index is 2.03. The molecule has 1 aromatic heterocycles. The molecule has 0 radical (unpaired) electrons. The monoisotopic (exact) mass is 442 g/mol. The lowest BCUT2D eigenvalue weighted by atomic mass is 9.99. The number of carboxylic acid groups (broad SMARTS) is 1. The molecule has 0 aliphatic carbocycles. The lowest BCUT2D eigenvalue weighted by Gasteiger charge is -2.30. The first kappa shape index (κ1) is 22.6. The summed E-state index contributed by atoms with van der Waals surface area (Å²) in [6.07, 6.45) is -1.25. The molecule has 0 amide bonds.